The van der Waals surface area contributed by atoms with Gasteiger partial charge in [-0.3, -0.25) is 14.4 Å². The Labute approximate surface area is 214 Å². The van der Waals surface area contributed by atoms with E-state index in [-0.39, 0.29) is 42.3 Å². The molecule has 1 aliphatic heterocycles. The fraction of sp³-hybridized carbons (Fsp3) is 0.333. The van der Waals surface area contributed by atoms with E-state index in [1.807, 2.05) is 49.4 Å². The summed E-state index contributed by atoms with van der Waals surface area (Å²) in [5.74, 6) is -1.04. The maximum atomic E-state index is 13.7. The Balaban J connectivity index is 1.36. The van der Waals surface area contributed by atoms with Crippen molar-refractivity contribution in [3.05, 3.63) is 88.0 Å². The highest BCUT2D eigenvalue weighted by molar-refractivity contribution is 6.31. The summed E-state index contributed by atoms with van der Waals surface area (Å²) < 4.78 is 1.62. The molecule has 5 rings (SSSR count). The van der Waals surface area contributed by atoms with E-state index in [2.05, 4.69) is 15.6 Å². The first-order valence-electron chi connectivity index (χ1n) is 12.0. The lowest BCUT2D eigenvalue weighted by atomic mass is 9.93. The molecule has 0 unspecified atom stereocenters. The van der Waals surface area contributed by atoms with Gasteiger partial charge >= 0.3 is 0 Å². The molecule has 8 nitrogen and oxygen atoms in total. The summed E-state index contributed by atoms with van der Waals surface area (Å²) in [6.45, 7) is 4.60. The molecule has 0 saturated heterocycles. The first-order valence-corrected chi connectivity index (χ1v) is 12.4. The lowest BCUT2D eigenvalue weighted by Gasteiger charge is -2.44. The summed E-state index contributed by atoms with van der Waals surface area (Å²) in [4.78, 5) is 46.1. The molecule has 0 bridgehead atoms. The highest BCUT2D eigenvalue weighted by Crippen LogP contribution is 2.38. The van der Waals surface area contributed by atoms with Crippen molar-refractivity contribution >= 4 is 29.3 Å². The molecule has 3 amide bonds. The van der Waals surface area contributed by atoms with Crippen LogP contribution in [0.2, 0.25) is 5.02 Å². The Bertz CT molecular complexity index is 1330. The quantitative estimate of drug-likeness (QED) is 0.514. The maximum Gasteiger partial charge on any atom is 0.274 e. The van der Waals surface area contributed by atoms with Gasteiger partial charge in [-0.25, -0.2) is 4.98 Å². The number of aromatic nitrogens is 2. The number of carbonyl (C=O) groups excluding carboxylic acids is 3. The fourth-order valence-corrected chi connectivity index (χ4v) is 4.90. The number of hydrogen-bond acceptors (Lipinski definition) is 4. The predicted molar refractivity (Wildman–Crippen MR) is 135 cm³/mol. The van der Waals surface area contributed by atoms with Gasteiger partial charge in [-0.2, -0.15) is 0 Å². The van der Waals surface area contributed by atoms with Crippen LogP contribution in [0.4, 0.5) is 0 Å². The molecular formula is C27H28ClN5O3. The third-order valence-electron chi connectivity index (χ3n) is 6.86. The number of nitrogens with zero attached hydrogens (tertiary/aromatic N) is 3. The molecule has 186 valence electrons. The van der Waals surface area contributed by atoms with E-state index in [0.29, 0.717) is 11.6 Å². The molecule has 1 aliphatic carbocycles. The van der Waals surface area contributed by atoms with Crippen molar-refractivity contribution in [3.63, 3.8) is 0 Å². The summed E-state index contributed by atoms with van der Waals surface area (Å²) in [5, 5.41) is 6.37. The molecule has 36 heavy (non-hydrogen) atoms. The van der Waals surface area contributed by atoms with Crippen molar-refractivity contribution < 1.29 is 14.4 Å². The Morgan fingerprint density at radius 1 is 1.08 bits per heavy atom. The molecule has 2 heterocycles. The number of carbonyl (C=O) groups is 3. The zero-order chi connectivity index (χ0) is 25.4. The molecule has 2 aliphatic rings. The topological polar surface area (TPSA) is 96.3 Å². The highest BCUT2D eigenvalue weighted by Gasteiger charge is 2.53. The molecule has 1 atom stereocenters. The van der Waals surface area contributed by atoms with Crippen LogP contribution in [0, 0.1) is 6.92 Å². The molecule has 9 heteroatoms. The summed E-state index contributed by atoms with van der Waals surface area (Å²) in [6, 6.07) is 15.2. The molecular weight excluding hydrogens is 478 g/mol. The normalized spacial score (nSPS) is 19.1. The molecule has 0 spiro atoms. The minimum Gasteiger partial charge on any atom is -0.350 e. The van der Waals surface area contributed by atoms with Crippen molar-refractivity contribution in [2.24, 2.45) is 0 Å². The number of rotatable bonds is 7. The molecule has 2 aromatic carbocycles. The monoisotopic (exact) mass is 505 g/mol. The van der Waals surface area contributed by atoms with Gasteiger partial charge < -0.3 is 20.1 Å². The average Bonchev–Trinajstić information content (AvgIpc) is 3.60. The van der Waals surface area contributed by atoms with Crippen LogP contribution in [0.5, 0.6) is 0 Å². The number of benzene rings is 2. The molecule has 0 radical (unpaired) electrons. The summed E-state index contributed by atoms with van der Waals surface area (Å²) in [5.41, 5.74) is 2.07. The van der Waals surface area contributed by atoms with E-state index in [9.17, 15) is 14.4 Å². The van der Waals surface area contributed by atoms with Crippen LogP contribution in [0.25, 0.3) is 0 Å². The van der Waals surface area contributed by atoms with E-state index >= 15 is 0 Å². The molecule has 1 saturated carbocycles. The molecule has 1 fully saturated rings. The Kier molecular flexibility index (Phi) is 6.30. The largest absolute Gasteiger partial charge is 0.350 e. The number of fused-ring (bicyclic) bond motifs is 1. The van der Waals surface area contributed by atoms with E-state index in [0.717, 1.165) is 29.5 Å². The maximum absolute atomic E-state index is 13.7. The van der Waals surface area contributed by atoms with Gasteiger partial charge in [0.1, 0.15) is 11.2 Å². The summed E-state index contributed by atoms with van der Waals surface area (Å²) in [7, 11) is 0. The molecule has 2 N–H and O–H groups in total. The zero-order valence-corrected chi connectivity index (χ0v) is 21.0. The van der Waals surface area contributed by atoms with Crippen molar-refractivity contribution in [3.8, 4) is 0 Å². The van der Waals surface area contributed by atoms with Gasteiger partial charge in [0.05, 0.1) is 12.9 Å². The van der Waals surface area contributed by atoms with Crippen LogP contribution in [0.3, 0.4) is 0 Å². The highest BCUT2D eigenvalue weighted by atomic mass is 35.5. The van der Waals surface area contributed by atoms with Crippen LogP contribution in [0.1, 0.15) is 57.4 Å². The van der Waals surface area contributed by atoms with E-state index < -0.39 is 11.4 Å². The predicted octanol–water partition coefficient (Wildman–Crippen LogP) is 3.47. The van der Waals surface area contributed by atoms with Crippen molar-refractivity contribution in [1.29, 1.82) is 0 Å². The van der Waals surface area contributed by atoms with Crippen molar-refractivity contribution in [1.82, 2.24) is 25.1 Å². The molecule has 1 aromatic heterocycles. The number of amides is 3. The van der Waals surface area contributed by atoms with Crippen molar-refractivity contribution in [2.75, 3.05) is 0 Å². The lowest BCUT2D eigenvalue weighted by molar-refractivity contribution is -0.133. The van der Waals surface area contributed by atoms with Crippen LogP contribution in [0.15, 0.2) is 54.9 Å². The van der Waals surface area contributed by atoms with Crippen LogP contribution in [-0.4, -0.2) is 43.8 Å². The van der Waals surface area contributed by atoms with E-state index in [1.165, 1.54) is 6.33 Å². The standard InChI is InChI=1S/C27H28ClN5O3/c1-17-7-9-18(10-8-17)13-30-26(36)27(2)15-32-16-31-22(23(32)25(35)33(27)20-11-12-20)24(34)29-14-19-5-3-4-6-21(19)28/h3-10,16,20H,11-15H2,1-2H3,(H,29,34)(H,30,36)/t27-/m1/s1. The first-order chi connectivity index (χ1) is 17.3. The summed E-state index contributed by atoms with van der Waals surface area (Å²) >= 11 is 6.20. The number of aryl methyl sites for hydroxylation is 1. The fourth-order valence-electron chi connectivity index (χ4n) is 4.70. The Morgan fingerprint density at radius 2 is 1.81 bits per heavy atom. The number of halogens is 1. The second kappa shape index (κ2) is 9.43. The number of nitrogens with one attached hydrogen (secondary N) is 2. The van der Waals surface area contributed by atoms with Gasteiger partial charge in [-0.05, 0) is 43.9 Å². The SMILES string of the molecule is Cc1ccc(CNC(=O)[C@@]2(C)Cn3cnc(C(=O)NCc4ccccc4Cl)c3C(=O)N2C2CC2)cc1. The minimum absolute atomic E-state index is 0.0321. The number of hydrogen-bond donors (Lipinski definition) is 2. The van der Waals surface area contributed by atoms with Crippen LogP contribution in [-0.2, 0) is 24.4 Å². The van der Waals surface area contributed by atoms with Gasteiger partial charge in [0.15, 0.2) is 5.69 Å². The summed E-state index contributed by atoms with van der Waals surface area (Å²) in [6.07, 6.45) is 3.12. The third-order valence-corrected chi connectivity index (χ3v) is 7.22. The first kappa shape index (κ1) is 24.1. The van der Waals surface area contributed by atoms with Gasteiger partial charge in [-0.1, -0.05) is 59.6 Å². The molecule has 3 aromatic rings. The van der Waals surface area contributed by atoms with Gasteiger partial charge in [0, 0.05) is 24.2 Å². The average molecular weight is 506 g/mol. The van der Waals surface area contributed by atoms with Crippen molar-refractivity contribution in [2.45, 2.75) is 57.9 Å². The number of imidazole rings is 1. The zero-order valence-electron chi connectivity index (χ0n) is 20.3. The Hall–Kier alpha value is -3.65. The van der Waals surface area contributed by atoms with Gasteiger partial charge in [0.2, 0.25) is 5.91 Å². The lowest BCUT2D eigenvalue weighted by Crippen LogP contribution is -2.64. The van der Waals surface area contributed by atoms with Crippen LogP contribution < -0.4 is 10.6 Å². The van der Waals surface area contributed by atoms with E-state index in [1.54, 1.807) is 22.5 Å². The van der Waals surface area contributed by atoms with Gasteiger partial charge in [-0.15, -0.1) is 0 Å². The minimum atomic E-state index is -1.10. The smallest absolute Gasteiger partial charge is 0.274 e. The van der Waals surface area contributed by atoms with Crippen LogP contribution >= 0.6 is 11.6 Å². The third kappa shape index (κ3) is 4.48. The van der Waals surface area contributed by atoms with E-state index in [4.69, 9.17) is 11.6 Å². The Morgan fingerprint density at radius 3 is 2.50 bits per heavy atom. The van der Waals surface area contributed by atoms with Gasteiger partial charge in [0.25, 0.3) is 11.8 Å². The second-order valence-electron chi connectivity index (χ2n) is 9.69. The second-order valence-corrected chi connectivity index (χ2v) is 10.1.